The molecule has 2 heterocycles. The van der Waals surface area contributed by atoms with Gasteiger partial charge in [0.05, 0.1) is 30.3 Å². The first-order chi connectivity index (χ1) is 11.6. The molecule has 1 aromatic carbocycles. The predicted molar refractivity (Wildman–Crippen MR) is 90.0 cm³/mol. The van der Waals surface area contributed by atoms with Gasteiger partial charge < -0.3 is 10.1 Å². The monoisotopic (exact) mass is 323 g/mol. The first kappa shape index (κ1) is 15.7. The maximum absolute atomic E-state index is 11.7. The minimum absolute atomic E-state index is 0.347. The van der Waals surface area contributed by atoms with E-state index in [1.54, 1.807) is 23.1 Å². The van der Waals surface area contributed by atoms with E-state index in [1.807, 2.05) is 38.4 Å². The standard InChI is InChI=1S/C17H17N5O2/c1-11-8-12(4-5-14(11)16(23)24-3)15-6-7-18-17(21-15)20-13-9-19-22(2)10-13/h4-10H,1-3H3,(H,18,20,21). The third kappa shape index (κ3) is 3.24. The van der Waals surface area contributed by atoms with Crippen LogP contribution in [0.3, 0.4) is 0 Å². The molecule has 0 aliphatic heterocycles. The number of rotatable bonds is 4. The van der Waals surface area contributed by atoms with Crippen LogP contribution in [0.2, 0.25) is 0 Å². The zero-order chi connectivity index (χ0) is 17.1. The fraction of sp³-hybridized carbons (Fsp3) is 0.176. The number of carbonyl (C=O) groups is 1. The van der Waals surface area contributed by atoms with Crippen molar-refractivity contribution in [3.05, 3.63) is 54.0 Å². The van der Waals surface area contributed by atoms with Gasteiger partial charge in [-0.05, 0) is 30.7 Å². The van der Waals surface area contributed by atoms with Crippen LogP contribution in [0, 0.1) is 6.92 Å². The van der Waals surface area contributed by atoms with Crippen LogP contribution in [0.4, 0.5) is 11.6 Å². The van der Waals surface area contributed by atoms with Gasteiger partial charge in [0.2, 0.25) is 5.95 Å². The lowest BCUT2D eigenvalue weighted by Crippen LogP contribution is -2.04. The molecule has 0 bridgehead atoms. The molecule has 0 aliphatic rings. The lowest BCUT2D eigenvalue weighted by molar-refractivity contribution is 0.0600. The van der Waals surface area contributed by atoms with Crippen LogP contribution in [-0.2, 0) is 11.8 Å². The third-order valence-electron chi connectivity index (χ3n) is 3.54. The van der Waals surface area contributed by atoms with Gasteiger partial charge in [-0.1, -0.05) is 6.07 Å². The van der Waals surface area contributed by atoms with Gasteiger partial charge in [0.15, 0.2) is 0 Å². The second-order valence-electron chi connectivity index (χ2n) is 5.31. The number of anilines is 2. The van der Waals surface area contributed by atoms with Crippen molar-refractivity contribution < 1.29 is 9.53 Å². The van der Waals surface area contributed by atoms with Gasteiger partial charge in [0.1, 0.15) is 0 Å². The molecule has 1 N–H and O–H groups in total. The van der Waals surface area contributed by atoms with Crippen LogP contribution < -0.4 is 5.32 Å². The SMILES string of the molecule is COC(=O)c1ccc(-c2ccnc(Nc3cnn(C)c3)n2)cc1C. The van der Waals surface area contributed by atoms with Gasteiger partial charge in [-0.25, -0.2) is 14.8 Å². The van der Waals surface area contributed by atoms with Gasteiger partial charge >= 0.3 is 5.97 Å². The number of methoxy groups -OCH3 is 1. The van der Waals surface area contributed by atoms with Crippen molar-refractivity contribution in [1.29, 1.82) is 0 Å². The Morgan fingerprint density at radius 3 is 2.79 bits per heavy atom. The normalized spacial score (nSPS) is 10.5. The van der Waals surface area contributed by atoms with Crippen LogP contribution in [-0.4, -0.2) is 32.8 Å². The van der Waals surface area contributed by atoms with Gasteiger partial charge in [0.25, 0.3) is 0 Å². The Bertz CT molecular complexity index is 888. The molecular weight excluding hydrogens is 306 g/mol. The van der Waals surface area contributed by atoms with Gasteiger partial charge in [0, 0.05) is 25.0 Å². The molecule has 0 saturated carbocycles. The molecule has 0 spiro atoms. The molecule has 24 heavy (non-hydrogen) atoms. The minimum atomic E-state index is -0.347. The largest absolute Gasteiger partial charge is 0.465 e. The van der Waals surface area contributed by atoms with Crippen molar-refractivity contribution in [2.24, 2.45) is 7.05 Å². The van der Waals surface area contributed by atoms with Crippen LogP contribution in [0.15, 0.2) is 42.9 Å². The summed E-state index contributed by atoms with van der Waals surface area (Å²) in [5.41, 5.74) is 3.85. The number of hydrogen-bond acceptors (Lipinski definition) is 6. The summed E-state index contributed by atoms with van der Waals surface area (Å²) in [4.78, 5) is 20.4. The summed E-state index contributed by atoms with van der Waals surface area (Å²) in [6.07, 6.45) is 5.22. The quantitative estimate of drug-likeness (QED) is 0.743. The third-order valence-corrected chi connectivity index (χ3v) is 3.54. The zero-order valence-electron chi connectivity index (χ0n) is 13.6. The molecule has 0 fully saturated rings. The summed E-state index contributed by atoms with van der Waals surface area (Å²) in [5, 5.41) is 7.20. The smallest absolute Gasteiger partial charge is 0.338 e. The molecule has 0 unspecified atom stereocenters. The van der Waals surface area contributed by atoms with Crippen LogP contribution in [0.25, 0.3) is 11.3 Å². The average Bonchev–Trinajstić information content (AvgIpc) is 2.99. The van der Waals surface area contributed by atoms with E-state index in [0.29, 0.717) is 11.5 Å². The summed E-state index contributed by atoms with van der Waals surface area (Å²) in [6, 6.07) is 7.31. The number of nitrogens with one attached hydrogen (secondary N) is 1. The number of aryl methyl sites for hydroxylation is 2. The number of esters is 1. The molecule has 0 amide bonds. The summed E-state index contributed by atoms with van der Waals surface area (Å²) in [7, 11) is 3.21. The number of nitrogens with zero attached hydrogens (tertiary/aromatic N) is 4. The highest BCUT2D eigenvalue weighted by Crippen LogP contribution is 2.22. The summed E-state index contributed by atoms with van der Waals surface area (Å²) < 4.78 is 6.46. The van der Waals surface area contributed by atoms with Crippen molar-refractivity contribution in [3.8, 4) is 11.3 Å². The van der Waals surface area contributed by atoms with E-state index in [4.69, 9.17) is 4.74 Å². The van der Waals surface area contributed by atoms with E-state index in [9.17, 15) is 4.79 Å². The maximum Gasteiger partial charge on any atom is 0.338 e. The van der Waals surface area contributed by atoms with Crippen LogP contribution in [0.5, 0.6) is 0 Å². The molecule has 0 radical (unpaired) electrons. The number of aromatic nitrogens is 4. The van der Waals surface area contributed by atoms with E-state index in [2.05, 4.69) is 20.4 Å². The summed E-state index contributed by atoms with van der Waals surface area (Å²) in [6.45, 7) is 1.87. The van der Waals surface area contributed by atoms with Gasteiger partial charge in [-0.3, -0.25) is 4.68 Å². The lowest BCUT2D eigenvalue weighted by atomic mass is 10.0. The Morgan fingerprint density at radius 2 is 2.12 bits per heavy atom. The molecule has 0 aliphatic carbocycles. The number of ether oxygens (including phenoxy) is 1. The summed E-state index contributed by atoms with van der Waals surface area (Å²) in [5.74, 6) is 0.135. The van der Waals surface area contributed by atoms with Gasteiger partial charge in [-0.2, -0.15) is 5.10 Å². The van der Waals surface area contributed by atoms with E-state index in [1.165, 1.54) is 7.11 Å². The van der Waals surface area contributed by atoms with Crippen molar-refractivity contribution in [3.63, 3.8) is 0 Å². The Balaban J connectivity index is 1.88. The second kappa shape index (κ2) is 6.49. The summed E-state index contributed by atoms with van der Waals surface area (Å²) >= 11 is 0. The Hall–Kier alpha value is -3.22. The maximum atomic E-state index is 11.7. The zero-order valence-corrected chi connectivity index (χ0v) is 13.6. The highest BCUT2D eigenvalue weighted by molar-refractivity contribution is 5.91. The van der Waals surface area contributed by atoms with Crippen molar-refractivity contribution in [2.45, 2.75) is 6.92 Å². The molecule has 0 saturated heterocycles. The van der Waals surface area contributed by atoms with E-state index < -0.39 is 0 Å². The van der Waals surface area contributed by atoms with Crippen molar-refractivity contribution in [2.75, 3.05) is 12.4 Å². The van der Waals surface area contributed by atoms with Crippen molar-refractivity contribution in [1.82, 2.24) is 19.7 Å². The fourth-order valence-corrected chi connectivity index (χ4v) is 2.36. The molecule has 7 nitrogen and oxygen atoms in total. The van der Waals surface area contributed by atoms with Crippen molar-refractivity contribution >= 4 is 17.6 Å². The molecule has 3 aromatic rings. The average molecular weight is 323 g/mol. The molecule has 7 heteroatoms. The number of benzene rings is 1. The van der Waals surface area contributed by atoms with Crippen LogP contribution >= 0.6 is 0 Å². The first-order valence-electron chi connectivity index (χ1n) is 7.35. The van der Waals surface area contributed by atoms with Crippen LogP contribution in [0.1, 0.15) is 15.9 Å². The highest BCUT2D eigenvalue weighted by Gasteiger charge is 2.11. The Morgan fingerprint density at radius 1 is 1.29 bits per heavy atom. The Kier molecular flexibility index (Phi) is 4.24. The Labute approximate surface area is 139 Å². The molecule has 2 aromatic heterocycles. The van der Waals surface area contributed by atoms with Gasteiger partial charge in [-0.15, -0.1) is 0 Å². The van der Waals surface area contributed by atoms with E-state index >= 15 is 0 Å². The number of carbonyl (C=O) groups excluding carboxylic acids is 1. The molecular formula is C17H17N5O2. The molecule has 0 atom stereocenters. The fourth-order valence-electron chi connectivity index (χ4n) is 2.36. The lowest BCUT2D eigenvalue weighted by Gasteiger charge is -2.08. The highest BCUT2D eigenvalue weighted by atomic mass is 16.5. The number of hydrogen-bond donors (Lipinski definition) is 1. The van der Waals surface area contributed by atoms with E-state index in [0.717, 1.165) is 22.5 Å². The topological polar surface area (TPSA) is 81.9 Å². The molecule has 3 rings (SSSR count). The first-order valence-corrected chi connectivity index (χ1v) is 7.35. The minimum Gasteiger partial charge on any atom is -0.465 e. The molecule has 122 valence electrons. The van der Waals surface area contributed by atoms with E-state index in [-0.39, 0.29) is 5.97 Å². The predicted octanol–water partition coefficient (Wildman–Crippen LogP) is 2.72. The second-order valence-corrected chi connectivity index (χ2v) is 5.31.